The van der Waals surface area contributed by atoms with Gasteiger partial charge in [-0.05, 0) is 69.4 Å². The topological polar surface area (TPSA) is 166 Å². The molecule has 5 fully saturated rings. The Hall–Kier alpha value is -5.77. The van der Waals surface area contributed by atoms with Gasteiger partial charge in [0.05, 0.1) is 66.8 Å². The van der Waals surface area contributed by atoms with E-state index < -0.39 is 81.3 Å². The molecule has 1 saturated carbocycles. The molecule has 324 valence electrons. The maximum atomic E-state index is 14.4. The van der Waals surface area contributed by atoms with E-state index in [9.17, 15) is 23.2 Å². The van der Waals surface area contributed by atoms with Crippen LogP contribution in [0, 0.1) is 17.8 Å². The van der Waals surface area contributed by atoms with E-state index in [1.54, 1.807) is 24.4 Å². The Morgan fingerprint density at radius 2 is 1.98 bits per heavy atom. The van der Waals surface area contributed by atoms with Gasteiger partial charge in [-0.3, -0.25) is 29.1 Å². The first kappa shape index (κ1) is 32.0. The van der Waals surface area contributed by atoms with Crippen molar-refractivity contribution in [3.63, 3.8) is 0 Å². The van der Waals surface area contributed by atoms with Gasteiger partial charge in [-0.1, -0.05) is 24.0 Å². The lowest BCUT2D eigenvalue weighted by Gasteiger charge is -2.36. The number of piperidine rings is 2. The maximum Gasteiger partial charge on any atom is 0.284 e. The second-order valence-electron chi connectivity index (χ2n) is 16.4. The van der Waals surface area contributed by atoms with E-state index in [2.05, 4.69) is 42.7 Å². The molecule has 0 radical (unpaired) electrons. The Labute approximate surface area is 367 Å². The molecule has 4 saturated heterocycles. The first-order chi connectivity index (χ1) is 33.2. The number of benzene rings is 1. The van der Waals surface area contributed by atoms with Crippen LogP contribution in [0.3, 0.4) is 0 Å². The molecule has 5 aliphatic rings. The highest BCUT2D eigenvalue weighted by Crippen LogP contribution is 2.37. The van der Waals surface area contributed by atoms with Crippen molar-refractivity contribution in [2.75, 3.05) is 49.5 Å². The van der Waals surface area contributed by atoms with Crippen LogP contribution in [0.1, 0.15) is 114 Å². The third-order valence-electron chi connectivity index (χ3n) is 12.4. The number of para-hydroxylation sites is 1. The fourth-order valence-electron chi connectivity index (χ4n) is 9.24. The fraction of sp³-hybridized carbons (Fsp3) is 0.523. The summed E-state index contributed by atoms with van der Waals surface area (Å²) in [6.07, 6.45) is 1.58. The monoisotopic (exact) mass is 857 g/mol. The zero-order chi connectivity index (χ0) is 49.5. The predicted octanol–water partition coefficient (Wildman–Crippen LogP) is 4.76. The predicted molar refractivity (Wildman–Crippen MR) is 223 cm³/mol. The quantitative estimate of drug-likeness (QED) is 0.147. The number of likely N-dealkylation sites (tertiary alicyclic amines) is 1. The number of amides is 3. The van der Waals surface area contributed by atoms with Crippen molar-refractivity contribution in [3.8, 4) is 11.8 Å². The number of nitrogens with zero attached hydrogens (tertiary/aromatic N) is 9. The van der Waals surface area contributed by atoms with Gasteiger partial charge in [0.1, 0.15) is 18.0 Å². The Morgan fingerprint density at radius 3 is 2.74 bits per heavy atom. The standard InChI is InChI=1S/C44H49F2N11O5/c1-53-40-27(4-2-6-32(40)38(51-53)33-11-12-37(58)50-43(33)59)5-3-19-61-30-13-16-54(17-14-30)22-26-7-9-28(10-8-26)57-24-35(39(52-57)41(45)46)48-44(60)34-21-47-56-18-15-36(49-42(34)56)55-23-31-20-29(55)25-62-31/h2,4,6,15,18,21,24,26,28-31,33,41H,7-14,16-17,19-20,22-23,25H2,1H3,(H,48,60)(H,50,58,59)/t26?,28?,29-,31-,33?/m0/s1/i1D3,16D2,17D2,30D. The molecule has 1 unspecified atom stereocenters. The maximum absolute atomic E-state index is 14.4. The number of rotatable bonds is 10. The Bertz CT molecular complexity index is 2930. The number of hydrogen-bond donors (Lipinski definition) is 2. The smallest absolute Gasteiger partial charge is 0.284 e. The summed E-state index contributed by atoms with van der Waals surface area (Å²) in [4.78, 5) is 46.1. The minimum absolute atomic E-state index is 0.0233. The first-order valence-electron chi connectivity index (χ1n) is 24.8. The number of anilines is 2. The molecular weight excluding hydrogens is 801 g/mol. The Balaban J connectivity index is 0.767. The molecule has 18 heteroatoms. The molecule has 4 aromatic heterocycles. The van der Waals surface area contributed by atoms with Gasteiger partial charge in [0.15, 0.2) is 11.3 Å². The Morgan fingerprint density at radius 1 is 1.13 bits per heavy atom. The highest BCUT2D eigenvalue weighted by Gasteiger charge is 2.40. The molecule has 62 heavy (non-hydrogen) atoms. The lowest BCUT2D eigenvalue weighted by atomic mass is 9.85. The van der Waals surface area contributed by atoms with Gasteiger partial charge in [0.2, 0.25) is 11.8 Å². The minimum Gasteiger partial charge on any atom is -0.374 e. The fourth-order valence-corrected chi connectivity index (χ4v) is 9.24. The number of alkyl halides is 2. The molecule has 1 aromatic carbocycles. The summed E-state index contributed by atoms with van der Waals surface area (Å²) in [5.41, 5.74) is 0.204. The molecule has 5 aromatic rings. The summed E-state index contributed by atoms with van der Waals surface area (Å²) >= 11 is 0. The number of aromatic nitrogens is 7. The van der Waals surface area contributed by atoms with Crippen LogP contribution in [-0.4, -0.2) is 114 Å². The van der Waals surface area contributed by atoms with Crippen molar-refractivity contribution in [2.24, 2.45) is 12.9 Å². The van der Waals surface area contributed by atoms with E-state index in [1.807, 2.05) is 6.07 Å². The largest absolute Gasteiger partial charge is 0.374 e. The first-order valence-corrected chi connectivity index (χ1v) is 20.8. The third kappa shape index (κ3) is 7.93. The highest BCUT2D eigenvalue weighted by molar-refractivity contribution is 6.08. The molecule has 1 aliphatic carbocycles. The average Bonchev–Trinajstić information content (AvgIpc) is 4.15. The number of nitrogens with one attached hydrogen (secondary N) is 2. The van der Waals surface area contributed by atoms with Crippen LogP contribution in [0.4, 0.5) is 20.3 Å². The SMILES string of the molecule is [2H]C1(OCC#Cc2cccc3c(C4CCC(=O)NC4=O)nn(C([2H])([2H])[2H])c23)CC([2H])([2H])N(CC2CCC(n3cc(NC(=O)c4cnn5ccc(N6C[C@@H]7C[C@H]6CO7)nc45)c(C(F)F)n3)CC2)C([2H])([2H])C1. The molecule has 2 bridgehead atoms. The number of ether oxygens (including phenoxy) is 2. The number of morpholine rings is 1. The van der Waals surface area contributed by atoms with Gasteiger partial charge in [-0.15, -0.1) is 0 Å². The van der Waals surface area contributed by atoms with Crippen LogP contribution < -0.4 is 15.5 Å². The van der Waals surface area contributed by atoms with E-state index >= 15 is 0 Å². The number of aryl methyl sites for hydroxylation is 1. The lowest BCUT2D eigenvalue weighted by Crippen LogP contribution is -2.40. The summed E-state index contributed by atoms with van der Waals surface area (Å²) in [7, 11) is 0. The molecule has 3 atom stereocenters. The van der Waals surface area contributed by atoms with Crippen LogP contribution in [0.25, 0.3) is 16.6 Å². The van der Waals surface area contributed by atoms with Crippen LogP contribution in [0.15, 0.2) is 42.9 Å². The molecular formula is C44H49F2N11O5. The summed E-state index contributed by atoms with van der Waals surface area (Å²) < 4.78 is 113. The second-order valence-corrected chi connectivity index (χ2v) is 16.4. The molecule has 0 spiro atoms. The molecule has 16 nitrogen and oxygen atoms in total. The summed E-state index contributed by atoms with van der Waals surface area (Å²) in [5.74, 6) is 3.58. The Kier molecular flexibility index (Phi) is 8.68. The summed E-state index contributed by atoms with van der Waals surface area (Å²) in [6, 6.07) is 6.48. The number of fused-ring (bicyclic) bond motifs is 4. The number of carbonyl (C=O) groups is 3. The van der Waals surface area contributed by atoms with Gasteiger partial charge in [-0.25, -0.2) is 18.3 Å². The van der Waals surface area contributed by atoms with Gasteiger partial charge in [-0.2, -0.15) is 15.3 Å². The van der Waals surface area contributed by atoms with E-state index in [-0.39, 0.29) is 77.2 Å². The normalized spacial score (nSPS) is 28.8. The lowest BCUT2D eigenvalue weighted by molar-refractivity contribution is -0.134. The van der Waals surface area contributed by atoms with Gasteiger partial charge < -0.3 is 24.6 Å². The molecule has 10 rings (SSSR count). The van der Waals surface area contributed by atoms with Crippen molar-refractivity contribution < 1.29 is 43.6 Å². The molecule has 4 aliphatic heterocycles. The zero-order valence-corrected chi connectivity index (χ0v) is 33.5. The van der Waals surface area contributed by atoms with E-state index in [0.717, 1.165) is 16.0 Å². The number of carbonyl (C=O) groups excluding carboxylic acids is 3. The second kappa shape index (κ2) is 16.8. The van der Waals surface area contributed by atoms with Crippen molar-refractivity contribution >= 4 is 45.8 Å². The molecule has 8 heterocycles. The van der Waals surface area contributed by atoms with Gasteiger partial charge in [0, 0.05) is 66.9 Å². The highest BCUT2D eigenvalue weighted by atomic mass is 19.3. The number of imide groups is 1. The minimum atomic E-state index is -2.99. The number of halogens is 2. The summed E-state index contributed by atoms with van der Waals surface area (Å²) in [5, 5.41) is 18.0. The van der Waals surface area contributed by atoms with Crippen molar-refractivity contribution in [1.82, 2.24) is 44.4 Å². The van der Waals surface area contributed by atoms with Crippen LogP contribution >= 0.6 is 0 Å². The van der Waals surface area contributed by atoms with Crippen LogP contribution in [0.2, 0.25) is 0 Å². The van der Waals surface area contributed by atoms with Gasteiger partial charge in [0.25, 0.3) is 12.3 Å². The zero-order valence-electron chi connectivity index (χ0n) is 41.5. The third-order valence-corrected chi connectivity index (χ3v) is 12.4. The average molecular weight is 858 g/mol. The molecule has 3 amide bonds. The van der Waals surface area contributed by atoms with Crippen molar-refractivity contribution in [2.45, 2.75) is 94.4 Å². The summed E-state index contributed by atoms with van der Waals surface area (Å²) in [6.45, 7) is -6.51. The van der Waals surface area contributed by atoms with Crippen molar-refractivity contribution in [3.05, 3.63) is 65.4 Å². The van der Waals surface area contributed by atoms with Gasteiger partial charge >= 0.3 is 0 Å². The molecule has 2 N–H and O–H groups in total. The van der Waals surface area contributed by atoms with E-state index in [0.29, 0.717) is 50.0 Å². The van der Waals surface area contributed by atoms with Crippen molar-refractivity contribution in [1.29, 1.82) is 0 Å². The van der Waals surface area contributed by atoms with E-state index in [1.165, 1.54) is 21.6 Å². The number of hydrogen-bond acceptors (Lipinski definition) is 11. The van der Waals surface area contributed by atoms with E-state index in [4.69, 9.17) is 25.4 Å². The van der Waals surface area contributed by atoms with Crippen LogP contribution in [-0.2, 0) is 26.0 Å². The van der Waals surface area contributed by atoms with Crippen LogP contribution in [0.5, 0.6) is 0 Å².